The molecule has 0 radical (unpaired) electrons. The van der Waals surface area contributed by atoms with Crippen LogP contribution in [0.5, 0.6) is 0 Å². The van der Waals surface area contributed by atoms with Gasteiger partial charge in [-0.15, -0.1) is 5.10 Å². The number of rotatable bonds is 8. The zero-order chi connectivity index (χ0) is 22.5. The summed E-state index contributed by atoms with van der Waals surface area (Å²) in [6, 6.07) is 0. The van der Waals surface area contributed by atoms with Gasteiger partial charge < -0.3 is 18.8 Å². The molecule has 1 amide bonds. The molecular formula is C19H36N4O5Si. The molecule has 10 heteroatoms. The summed E-state index contributed by atoms with van der Waals surface area (Å²) in [5.41, 5.74) is -0.596. The first-order valence-electron chi connectivity index (χ1n) is 9.76. The van der Waals surface area contributed by atoms with Gasteiger partial charge in [-0.05, 0) is 38.9 Å². The minimum atomic E-state index is -1.91. The predicted molar refractivity (Wildman–Crippen MR) is 112 cm³/mol. The molecule has 0 aliphatic carbocycles. The lowest BCUT2D eigenvalue weighted by Gasteiger charge is -2.37. The number of hydrogen-bond acceptors (Lipinski definition) is 7. The number of hydrogen-bond donors (Lipinski definition) is 0. The first kappa shape index (κ1) is 25.1. The molecule has 0 saturated heterocycles. The predicted octanol–water partition coefficient (Wildman–Crippen LogP) is 3.32. The average molecular weight is 429 g/mol. The Morgan fingerprint density at radius 1 is 1.14 bits per heavy atom. The summed E-state index contributed by atoms with van der Waals surface area (Å²) < 4.78 is 17.8. The summed E-state index contributed by atoms with van der Waals surface area (Å²) in [7, 11) is -0.638. The molecule has 0 aromatic carbocycles. The van der Waals surface area contributed by atoms with Gasteiger partial charge in [0.05, 0.1) is 20.3 Å². The highest BCUT2D eigenvalue weighted by Gasteiger charge is 2.37. The molecule has 1 aromatic rings. The number of ether oxygens (including phenoxy) is 2. The smallest absolute Gasteiger partial charge is 0.410 e. The number of amides is 1. The van der Waals surface area contributed by atoms with E-state index in [1.165, 1.54) is 18.1 Å². The van der Waals surface area contributed by atoms with E-state index in [9.17, 15) is 9.59 Å². The third kappa shape index (κ3) is 8.13. The van der Waals surface area contributed by atoms with E-state index in [2.05, 4.69) is 48.7 Å². The molecule has 0 N–H and O–H groups in total. The topological polar surface area (TPSA) is 95.8 Å². The van der Waals surface area contributed by atoms with Crippen molar-refractivity contribution < 1.29 is 23.5 Å². The Morgan fingerprint density at radius 2 is 1.76 bits per heavy atom. The maximum Gasteiger partial charge on any atom is 0.410 e. The van der Waals surface area contributed by atoms with Crippen LogP contribution in [0.15, 0.2) is 6.33 Å². The van der Waals surface area contributed by atoms with Crippen molar-refractivity contribution >= 4 is 20.4 Å². The molecular weight excluding hydrogens is 392 g/mol. The SMILES string of the molecule is COC(=O)c1ncn(CCN(CCO[Si](C)(C)C(C)(C)C)C(=O)OC(C)(C)C)n1. The number of aromatic nitrogens is 3. The molecule has 0 unspecified atom stereocenters. The van der Waals surface area contributed by atoms with Crippen LogP contribution in [0.2, 0.25) is 18.1 Å². The fraction of sp³-hybridized carbons (Fsp3) is 0.789. The molecule has 1 aromatic heterocycles. The summed E-state index contributed by atoms with van der Waals surface area (Å²) in [6.45, 7) is 17.9. The molecule has 0 aliphatic heterocycles. The van der Waals surface area contributed by atoms with Gasteiger partial charge in [0.1, 0.15) is 11.9 Å². The molecule has 0 spiro atoms. The molecule has 9 nitrogen and oxygen atoms in total. The van der Waals surface area contributed by atoms with Gasteiger partial charge in [-0.1, -0.05) is 20.8 Å². The van der Waals surface area contributed by atoms with Crippen molar-refractivity contribution in [3.8, 4) is 0 Å². The zero-order valence-corrected chi connectivity index (χ0v) is 20.2. The summed E-state index contributed by atoms with van der Waals surface area (Å²) >= 11 is 0. The van der Waals surface area contributed by atoms with Crippen LogP contribution in [0.1, 0.15) is 52.2 Å². The highest BCUT2D eigenvalue weighted by molar-refractivity contribution is 6.74. The van der Waals surface area contributed by atoms with Gasteiger partial charge in [0.25, 0.3) is 5.82 Å². The van der Waals surface area contributed by atoms with E-state index in [0.29, 0.717) is 26.2 Å². The van der Waals surface area contributed by atoms with Crippen molar-refractivity contribution in [3.05, 3.63) is 12.2 Å². The fourth-order valence-electron chi connectivity index (χ4n) is 2.06. The molecule has 29 heavy (non-hydrogen) atoms. The number of esters is 1. The maximum atomic E-state index is 12.6. The number of nitrogens with zero attached hydrogens (tertiary/aromatic N) is 4. The Morgan fingerprint density at radius 3 is 2.28 bits per heavy atom. The third-order valence-corrected chi connectivity index (χ3v) is 9.32. The molecule has 0 aliphatic rings. The largest absolute Gasteiger partial charge is 0.463 e. The van der Waals surface area contributed by atoms with Crippen molar-refractivity contribution in [2.45, 2.75) is 71.8 Å². The highest BCUT2D eigenvalue weighted by Crippen LogP contribution is 2.36. The van der Waals surface area contributed by atoms with E-state index in [0.717, 1.165) is 0 Å². The zero-order valence-electron chi connectivity index (χ0n) is 19.2. The van der Waals surface area contributed by atoms with E-state index in [1.54, 1.807) is 4.90 Å². The summed E-state index contributed by atoms with van der Waals surface area (Å²) in [6.07, 6.45) is 1.02. The van der Waals surface area contributed by atoms with Crippen LogP contribution in [-0.2, 0) is 20.4 Å². The lowest BCUT2D eigenvalue weighted by atomic mass is 10.2. The summed E-state index contributed by atoms with van der Waals surface area (Å²) in [5.74, 6) is -0.618. The molecule has 1 rings (SSSR count). The lowest BCUT2D eigenvalue weighted by molar-refractivity contribution is 0.0214. The van der Waals surface area contributed by atoms with Crippen LogP contribution in [0, 0.1) is 0 Å². The Labute approximate surface area is 174 Å². The van der Waals surface area contributed by atoms with E-state index in [-0.39, 0.29) is 10.9 Å². The Hall–Kier alpha value is -1.94. The maximum absolute atomic E-state index is 12.6. The fourth-order valence-corrected chi connectivity index (χ4v) is 3.09. The first-order valence-corrected chi connectivity index (χ1v) is 12.7. The van der Waals surface area contributed by atoms with E-state index in [1.807, 2.05) is 20.8 Å². The van der Waals surface area contributed by atoms with Crippen LogP contribution >= 0.6 is 0 Å². The van der Waals surface area contributed by atoms with Crippen molar-refractivity contribution in [1.82, 2.24) is 19.7 Å². The van der Waals surface area contributed by atoms with Crippen molar-refractivity contribution in [3.63, 3.8) is 0 Å². The van der Waals surface area contributed by atoms with Crippen LogP contribution in [-0.4, -0.2) is 72.5 Å². The molecule has 0 fully saturated rings. The van der Waals surface area contributed by atoms with E-state index in [4.69, 9.17) is 9.16 Å². The summed E-state index contributed by atoms with van der Waals surface area (Å²) in [5, 5.41) is 4.16. The molecule has 1 heterocycles. The Kier molecular flexibility index (Phi) is 8.40. The van der Waals surface area contributed by atoms with Gasteiger partial charge in [-0.2, -0.15) is 0 Å². The lowest BCUT2D eigenvalue weighted by Crippen LogP contribution is -2.45. The molecule has 166 valence electrons. The van der Waals surface area contributed by atoms with Crippen molar-refractivity contribution in [2.24, 2.45) is 0 Å². The van der Waals surface area contributed by atoms with Crippen molar-refractivity contribution in [1.29, 1.82) is 0 Å². The van der Waals surface area contributed by atoms with Gasteiger partial charge in [0, 0.05) is 13.1 Å². The average Bonchev–Trinajstić information content (AvgIpc) is 3.03. The van der Waals surface area contributed by atoms with Gasteiger partial charge in [0.15, 0.2) is 8.32 Å². The molecule has 0 saturated carbocycles. The highest BCUT2D eigenvalue weighted by atomic mass is 28.4. The standard InChI is InChI=1S/C19H36N4O5Si/c1-18(2,3)28-17(25)22(12-13-27-29(8,9)19(4,5)6)10-11-23-14-20-15(21-23)16(24)26-7/h14H,10-13H2,1-9H3. The van der Waals surface area contributed by atoms with Gasteiger partial charge in [0.2, 0.25) is 0 Å². The quantitative estimate of drug-likeness (QED) is 0.463. The van der Waals surface area contributed by atoms with Crippen LogP contribution < -0.4 is 0 Å². The van der Waals surface area contributed by atoms with Gasteiger partial charge in [-0.3, -0.25) is 4.68 Å². The van der Waals surface area contributed by atoms with Gasteiger partial charge >= 0.3 is 12.1 Å². The molecule has 0 bridgehead atoms. The number of carbonyl (C=O) groups is 2. The second-order valence-corrected chi connectivity index (χ2v) is 14.2. The number of carbonyl (C=O) groups excluding carboxylic acids is 2. The van der Waals surface area contributed by atoms with Crippen LogP contribution in [0.3, 0.4) is 0 Å². The van der Waals surface area contributed by atoms with Crippen LogP contribution in [0.4, 0.5) is 4.79 Å². The second-order valence-electron chi connectivity index (χ2n) is 9.40. The molecule has 0 atom stereocenters. The normalized spacial score (nSPS) is 12.6. The monoisotopic (exact) mass is 428 g/mol. The number of methoxy groups -OCH3 is 1. The minimum absolute atomic E-state index is 0.0161. The second kappa shape index (κ2) is 9.71. The van der Waals surface area contributed by atoms with Crippen molar-refractivity contribution in [2.75, 3.05) is 26.8 Å². The van der Waals surface area contributed by atoms with Crippen LogP contribution in [0.25, 0.3) is 0 Å². The van der Waals surface area contributed by atoms with E-state index >= 15 is 0 Å². The minimum Gasteiger partial charge on any atom is -0.463 e. The Balaban J connectivity index is 2.77. The first-order chi connectivity index (χ1) is 13.2. The van der Waals surface area contributed by atoms with Gasteiger partial charge in [-0.25, -0.2) is 14.6 Å². The van der Waals surface area contributed by atoms with E-state index < -0.39 is 26.0 Å². The Bertz CT molecular complexity index is 692. The third-order valence-electron chi connectivity index (χ3n) is 4.79. The summed E-state index contributed by atoms with van der Waals surface area (Å²) in [4.78, 5) is 29.6.